The predicted molar refractivity (Wildman–Crippen MR) is 130 cm³/mol. The van der Waals surface area contributed by atoms with E-state index in [0.29, 0.717) is 29.0 Å². The highest BCUT2D eigenvalue weighted by molar-refractivity contribution is 7.99. The molecule has 0 aliphatic rings. The SMILES string of the molecule is C=CCn1c(SCC(=O)Nc2ccc(Oc3cccc(C)c3)cc2)nnc1-c1ccncc1. The number of aryl methyl sites for hydroxylation is 1. The van der Waals surface area contributed by atoms with Crippen molar-refractivity contribution in [1.29, 1.82) is 0 Å². The summed E-state index contributed by atoms with van der Waals surface area (Å²) in [6.07, 6.45) is 5.19. The molecule has 0 aliphatic heterocycles. The van der Waals surface area contributed by atoms with Crippen LogP contribution in [0.25, 0.3) is 11.4 Å². The number of allylic oxidation sites excluding steroid dienone is 1. The van der Waals surface area contributed by atoms with E-state index in [1.54, 1.807) is 18.5 Å². The van der Waals surface area contributed by atoms with Crippen molar-refractivity contribution in [3.63, 3.8) is 0 Å². The van der Waals surface area contributed by atoms with Gasteiger partial charge in [0.15, 0.2) is 11.0 Å². The first-order valence-electron chi connectivity index (χ1n) is 10.3. The van der Waals surface area contributed by atoms with Gasteiger partial charge in [-0.15, -0.1) is 16.8 Å². The van der Waals surface area contributed by atoms with Crippen molar-refractivity contribution in [3.8, 4) is 22.9 Å². The van der Waals surface area contributed by atoms with Gasteiger partial charge in [0.25, 0.3) is 0 Å². The van der Waals surface area contributed by atoms with Gasteiger partial charge in [-0.2, -0.15) is 0 Å². The van der Waals surface area contributed by atoms with Gasteiger partial charge in [0.05, 0.1) is 5.75 Å². The fourth-order valence-electron chi connectivity index (χ4n) is 3.15. The largest absolute Gasteiger partial charge is 0.457 e. The fourth-order valence-corrected chi connectivity index (χ4v) is 3.90. The fraction of sp³-hybridized carbons (Fsp3) is 0.120. The summed E-state index contributed by atoms with van der Waals surface area (Å²) in [5.41, 5.74) is 2.73. The number of hydrogen-bond acceptors (Lipinski definition) is 6. The van der Waals surface area contributed by atoms with E-state index >= 15 is 0 Å². The maximum atomic E-state index is 12.5. The van der Waals surface area contributed by atoms with Crippen LogP contribution in [0, 0.1) is 6.92 Å². The molecule has 0 aliphatic carbocycles. The zero-order chi connectivity index (χ0) is 23.0. The average molecular weight is 458 g/mol. The lowest BCUT2D eigenvalue weighted by Gasteiger charge is -2.09. The number of nitrogens with one attached hydrogen (secondary N) is 1. The lowest BCUT2D eigenvalue weighted by Crippen LogP contribution is -2.14. The first kappa shape index (κ1) is 22.3. The molecule has 4 rings (SSSR count). The number of nitrogens with zero attached hydrogens (tertiary/aromatic N) is 4. The van der Waals surface area contributed by atoms with Crippen LogP contribution in [0.2, 0.25) is 0 Å². The minimum absolute atomic E-state index is 0.133. The number of thioether (sulfide) groups is 1. The van der Waals surface area contributed by atoms with E-state index in [9.17, 15) is 4.79 Å². The highest BCUT2D eigenvalue weighted by Gasteiger charge is 2.15. The van der Waals surface area contributed by atoms with E-state index in [1.165, 1.54) is 11.8 Å². The molecule has 2 aromatic heterocycles. The smallest absolute Gasteiger partial charge is 0.234 e. The standard InChI is InChI=1S/C25H23N5O2S/c1-3-15-30-24(19-11-13-26-14-12-19)28-29-25(30)33-17-23(31)27-20-7-9-21(10-8-20)32-22-6-4-5-18(2)16-22/h3-14,16H,1,15,17H2,2H3,(H,27,31). The normalized spacial score (nSPS) is 10.6. The van der Waals surface area contributed by atoms with Gasteiger partial charge in [-0.05, 0) is 61.0 Å². The lowest BCUT2D eigenvalue weighted by atomic mass is 10.2. The van der Waals surface area contributed by atoms with Crippen LogP contribution in [0.4, 0.5) is 5.69 Å². The Bertz CT molecular complexity index is 1240. The molecular weight excluding hydrogens is 434 g/mol. The van der Waals surface area contributed by atoms with E-state index in [-0.39, 0.29) is 11.7 Å². The van der Waals surface area contributed by atoms with Crippen molar-refractivity contribution < 1.29 is 9.53 Å². The molecule has 0 spiro atoms. The minimum Gasteiger partial charge on any atom is -0.457 e. The summed E-state index contributed by atoms with van der Waals surface area (Å²) in [6.45, 7) is 6.37. The second kappa shape index (κ2) is 10.6. The number of ether oxygens (including phenoxy) is 1. The van der Waals surface area contributed by atoms with E-state index < -0.39 is 0 Å². The van der Waals surface area contributed by atoms with Crippen LogP contribution in [-0.2, 0) is 11.3 Å². The van der Waals surface area contributed by atoms with Gasteiger partial charge in [-0.3, -0.25) is 14.3 Å². The van der Waals surface area contributed by atoms with Crippen LogP contribution in [0.1, 0.15) is 5.56 Å². The molecule has 1 amide bonds. The Labute approximate surface area is 196 Å². The Balaban J connectivity index is 1.36. The summed E-state index contributed by atoms with van der Waals surface area (Å²) in [4.78, 5) is 16.5. The maximum absolute atomic E-state index is 12.5. The molecule has 1 N–H and O–H groups in total. The molecule has 0 unspecified atom stereocenters. The third-order valence-electron chi connectivity index (χ3n) is 4.66. The molecule has 0 fully saturated rings. The number of aromatic nitrogens is 4. The molecule has 0 saturated heterocycles. The first-order chi connectivity index (χ1) is 16.1. The summed E-state index contributed by atoms with van der Waals surface area (Å²) in [5.74, 6) is 2.26. The number of hydrogen-bond donors (Lipinski definition) is 1. The number of amides is 1. The second-order valence-corrected chi connectivity index (χ2v) is 8.16. The van der Waals surface area contributed by atoms with Gasteiger partial charge in [-0.25, -0.2) is 0 Å². The number of benzene rings is 2. The highest BCUT2D eigenvalue weighted by atomic mass is 32.2. The van der Waals surface area contributed by atoms with Crippen molar-refractivity contribution in [2.45, 2.75) is 18.6 Å². The first-order valence-corrected chi connectivity index (χ1v) is 11.3. The Morgan fingerprint density at radius 2 is 1.88 bits per heavy atom. The van der Waals surface area contributed by atoms with Crippen molar-refractivity contribution in [3.05, 3.63) is 91.3 Å². The predicted octanol–water partition coefficient (Wildman–Crippen LogP) is 5.36. The Morgan fingerprint density at radius 3 is 2.61 bits per heavy atom. The van der Waals surface area contributed by atoms with Gasteiger partial charge in [-0.1, -0.05) is 30.0 Å². The van der Waals surface area contributed by atoms with E-state index in [4.69, 9.17) is 4.74 Å². The van der Waals surface area contributed by atoms with Crippen molar-refractivity contribution in [1.82, 2.24) is 19.7 Å². The quantitative estimate of drug-likeness (QED) is 0.269. The molecule has 0 bridgehead atoms. The topological polar surface area (TPSA) is 81.9 Å². The molecule has 0 radical (unpaired) electrons. The molecule has 33 heavy (non-hydrogen) atoms. The second-order valence-electron chi connectivity index (χ2n) is 7.22. The zero-order valence-corrected chi connectivity index (χ0v) is 19.0. The molecule has 166 valence electrons. The van der Waals surface area contributed by atoms with Crippen LogP contribution in [-0.4, -0.2) is 31.4 Å². The van der Waals surface area contributed by atoms with Gasteiger partial charge in [0.2, 0.25) is 5.91 Å². The summed E-state index contributed by atoms with van der Waals surface area (Å²) in [6, 6.07) is 18.9. The van der Waals surface area contributed by atoms with Crippen molar-refractivity contribution in [2.75, 3.05) is 11.1 Å². The summed E-state index contributed by atoms with van der Waals surface area (Å²) in [7, 11) is 0. The summed E-state index contributed by atoms with van der Waals surface area (Å²) in [5, 5.41) is 12.1. The Kier molecular flexibility index (Phi) is 7.16. The molecule has 0 atom stereocenters. The molecular formula is C25H23N5O2S. The number of anilines is 1. The molecule has 2 aromatic carbocycles. The zero-order valence-electron chi connectivity index (χ0n) is 18.1. The van der Waals surface area contributed by atoms with E-state index in [2.05, 4.69) is 27.1 Å². The maximum Gasteiger partial charge on any atom is 0.234 e. The van der Waals surface area contributed by atoms with Crippen molar-refractivity contribution >= 4 is 23.4 Å². The third-order valence-corrected chi connectivity index (χ3v) is 5.63. The average Bonchev–Trinajstić information content (AvgIpc) is 3.22. The number of rotatable bonds is 9. The molecule has 0 saturated carbocycles. The van der Waals surface area contributed by atoms with Crippen molar-refractivity contribution in [2.24, 2.45) is 0 Å². The highest BCUT2D eigenvalue weighted by Crippen LogP contribution is 2.25. The van der Waals surface area contributed by atoms with Gasteiger partial charge >= 0.3 is 0 Å². The van der Waals surface area contributed by atoms with Crippen LogP contribution < -0.4 is 10.1 Å². The molecule has 8 heteroatoms. The monoisotopic (exact) mass is 457 g/mol. The summed E-state index contributed by atoms with van der Waals surface area (Å²) >= 11 is 1.33. The molecule has 7 nitrogen and oxygen atoms in total. The van der Waals surface area contributed by atoms with Crippen LogP contribution in [0.3, 0.4) is 0 Å². The van der Waals surface area contributed by atoms with Gasteiger partial charge < -0.3 is 10.1 Å². The van der Waals surface area contributed by atoms with E-state index in [0.717, 1.165) is 16.9 Å². The van der Waals surface area contributed by atoms with E-state index in [1.807, 2.05) is 72.2 Å². The molecule has 2 heterocycles. The molecule has 4 aromatic rings. The Hall–Kier alpha value is -3.91. The number of carbonyl (C=O) groups excluding carboxylic acids is 1. The van der Waals surface area contributed by atoms with Gasteiger partial charge in [0, 0.05) is 30.2 Å². The lowest BCUT2D eigenvalue weighted by molar-refractivity contribution is -0.113. The van der Waals surface area contributed by atoms with Crippen LogP contribution in [0.5, 0.6) is 11.5 Å². The number of carbonyl (C=O) groups is 1. The van der Waals surface area contributed by atoms with Crippen LogP contribution in [0.15, 0.2) is 90.9 Å². The van der Waals surface area contributed by atoms with Gasteiger partial charge in [0.1, 0.15) is 11.5 Å². The third kappa shape index (κ3) is 5.87. The minimum atomic E-state index is -0.133. The number of pyridine rings is 1. The summed E-state index contributed by atoms with van der Waals surface area (Å²) < 4.78 is 7.78. The Morgan fingerprint density at radius 1 is 1.09 bits per heavy atom. The van der Waals surface area contributed by atoms with Crippen LogP contribution >= 0.6 is 11.8 Å².